The van der Waals surface area contributed by atoms with Crippen molar-refractivity contribution in [3.63, 3.8) is 0 Å². The first-order valence-electron chi connectivity index (χ1n) is 5.70. The molecule has 0 heterocycles. The molecular weight excluding hydrogens is 332 g/mol. The van der Waals surface area contributed by atoms with Gasteiger partial charge in [0.05, 0.1) is 24.1 Å². The number of carbonyl (C=O) groups excluding carboxylic acids is 1. The average Bonchev–Trinajstić information content (AvgIpc) is 2.41. The third-order valence-electron chi connectivity index (χ3n) is 2.51. The maximum atomic E-state index is 12.3. The van der Waals surface area contributed by atoms with E-state index in [0.29, 0.717) is 41.2 Å². The Morgan fingerprint density at radius 1 is 1.53 bits per heavy atom. The Hall–Kier alpha value is -1.09. The molecule has 0 N–H and O–H groups in total. The van der Waals surface area contributed by atoms with E-state index in [0.717, 1.165) is 0 Å². The Morgan fingerprint density at radius 3 is 2.84 bits per heavy atom. The summed E-state index contributed by atoms with van der Waals surface area (Å²) in [7, 11) is 1.58. The van der Waals surface area contributed by atoms with Crippen molar-refractivity contribution in [2.75, 3.05) is 26.8 Å². The van der Waals surface area contributed by atoms with E-state index in [2.05, 4.69) is 15.9 Å². The molecule has 0 aliphatic carbocycles. The Morgan fingerprint density at radius 2 is 2.26 bits per heavy atom. The van der Waals surface area contributed by atoms with E-state index in [-0.39, 0.29) is 5.91 Å². The van der Waals surface area contributed by atoms with Gasteiger partial charge in [0.2, 0.25) is 0 Å². The van der Waals surface area contributed by atoms with E-state index in [1.165, 1.54) is 0 Å². The van der Waals surface area contributed by atoms with E-state index in [4.69, 9.17) is 21.6 Å². The van der Waals surface area contributed by atoms with Gasteiger partial charge in [0.1, 0.15) is 0 Å². The Kier molecular flexibility index (Phi) is 6.85. The van der Waals surface area contributed by atoms with Gasteiger partial charge in [-0.25, -0.2) is 0 Å². The molecule has 19 heavy (non-hydrogen) atoms. The summed E-state index contributed by atoms with van der Waals surface area (Å²) >= 11 is 9.19. The first kappa shape index (κ1) is 16.0. The van der Waals surface area contributed by atoms with Crippen LogP contribution in [0.4, 0.5) is 0 Å². The molecule has 4 nitrogen and oxygen atoms in total. The fraction of sp³-hybridized carbons (Fsp3) is 0.385. The Labute approximate surface area is 126 Å². The van der Waals surface area contributed by atoms with Crippen LogP contribution in [0.25, 0.3) is 0 Å². The summed E-state index contributed by atoms with van der Waals surface area (Å²) in [5.74, 6) is -0.135. The number of amides is 1. The maximum Gasteiger partial charge on any atom is 0.254 e. The van der Waals surface area contributed by atoms with E-state index < -0.39 is 0 Å². The monoisotopic (exact) mass is 344 g/mol. The van der Waals surface area contributed by atoms with Crippen LogP contribution in [0.15, 0.2) is 22.7 Å². The number of methoxy groups -OCH3 is 1. The summed E-state index contributed by atoms with van der Waals surface area (Å²) in [6.45, 7) is 1.28. The van der Waals surface area contributed by atoms with Gasteiger partial charge in [-0.1, -0.05) is 11.6 Å². The molecule has 1 rings (SSSR count). The normalized spacial score (nSPS) is 10.0. The molecule has 1 aromatic rings. The Balaban J connectivity index is 2.84. The summed E-state index contributed by atoms with van der Waals surface area (Å²) in [5, 5.41) is 9.18. The van der Waals surface area contributed by atoms with Gasteiger partial charge in [0.25, 0.3) is 5.91 Å². The van der Waals surface area contributed by atoms with Crippen LogP contribution in [-0.2, 0) is 4.74 Å². The first-order valence-corrected chi connectivity index (χ1v) is 6.87. The summed E-state index contributed by atoms with van der Waals surface area (Å²) < 4.78 is 5.65. The van der Waals surface area contributed by atoms with Crippen molar-refractivity contribution < 1.29 is 9.53 Å². The third-order valence-corrected chi connectivity index (χ3v) is 3.73. The number of nitrogens with zero attached hydrogens (tertiary/aromatic N) is 2. The maximum absolute atomic E-state index is 12.3. The second-order valence-corrected chi connectivity index (χ2v) is 5.08. The second kappa shape index (κ2) is 8.16. The number of nitriles is 1. The molecule has 1 aromatic carbocycles. The van der Waals surface area contributed by atoms with Crippen LogP contribution in [0, 0.1) is 11.3 Å². The van der Waals surface area contributed by atoms with E-state index in [1.807, 2.05) is 6.07 Å². The zero-order chi connectivity index (χ0) is 14.3. The van der Waals surface area contributed by atoms with Crippen molar-refractivity contribution in [3.05, 3.63) is 33.3 Å². The summed E-state index contributed by atoms with van der Waals surface area (Å²) in [5.41, 5.74) is 0.533. The molecule has 0 aromatic heterocycles. The Bertz CT molecular complexity index is 488. The lowest BCUT2D eigenvalue weighted by molar-refractivity contribution is 0.0700. The topological polar surface area (TPSA) is 53.3 Å². The van der Waals surface area contributed by atoms with E-state index >= 15 is 0 Å². The number of hydrogen-bond donors (Lipinski definition) is 0. The van der Waals surface area contributed by atoms with Crippen molar-refractivity contribution >= 4 is 33.4 Å². The minimum atomic E-state index is -0.135. The standard InChI is InChI=1S/C13H14BrClN2O2/c1-19-8-7-17(6-2-5-16)13(18)10-3-4-12(15)11(14)9-10/h3-4,9H,2,6-8H2,1H3. The van der Waals surface area contributed by atoms with Crippen molar-refractivity contribution in [1.82, 2.24) is 4.90 Å². The van der Waals surface area contributed by atoms with Gasteiger partial charge >= 0.3 is 0 Å². The molecule has 0 bridgehead atoms. The fourth-order valence-corrected chi connectivity index (χ4v) is 2.01. The van der Waals surface area contributed by atoms with Gasteiger partial charge in [-0.3, -0.25) is 4.79 Å². The molecule has 0 atom stereocenters. The average molecular weight is 346 g/mol. The lowest BCUT2D eigenvalue weighted by Crippen LogP contribution is -2.34. The third kappa shape index (κ3) is 4.83. The number of ether oxygens (including phenoxy) is 1. The van der Waals surface area contributed by atoms with Crippen LogP contribution in [-0.4, -0.2) is 37.6 Å². The zero-order valence-electron chi connectivity index (χ0n) is 10.5. The molecule has 0 unspecified atom stereocenters. The highest BCUT2D eigenvalue weighted by Crippen LogP contribution is 2.23. The van der Waals surface area contributed by atoms with Crippen LogP contribution in [0.2, 0.25) is 5.02 Å². The molecule has 0 aliphatic rings. The minimum absolute atomic E-state index is 0.135. The number of benzene rings is 1. The van der Waals surface area contributed by atoms with Crippen molar-refractivity contribution in [1.29, 1.82) is 5.26 Å². The quantitative estimate of drug-likeness (QED) is 0.796. The molecule has 0 radical (unpaired) electrons. The van der Waals surface area contributed by atoms with Crippen LogP contribution in [0.5, 0.6) is 0 Å². The number of hydrogen-bond acceptors (Lipinski definition) is 3. The SMILES string of the molecule is COCCN(CCC#N)C(=O)c1ccc(Cl)c(Br)c1. The molecule has 6 heteroatoms. The van der Waals surface area contributed by atoms with Gasteiger partial charge in [0, 0.05) is 30.2 Å². The highest BCUT2D eigenvalue weighted by atomic mass is 79.9. The lowest BCUT2D eigenvalue weighted by Gasteiger charge is -2.21. The molecule has 102 valence electrons. The van der Waals surface area contributed by atoms with E-state index in [1.54, 1.807) is 30.2 Å². The summed E-state index contributed by atoms with van der Waals surface area (Å²) in [6, 6.07) is 7.05. The molecule has 0 aliphatic heterocycles. The summed E-state index contributed by atoms with van der Waals surface area (Å²) in [6.07, 6.45) is 0.296. The van der Waals surface area contributed by atoms with Crippen LogP contribution in [0.3, 0.4) is 0 Å². The van der Waals surface area contributed by atoms with Gasteiger partial charge in [-0.15, -0.1) is 0 Å². The molecule has 1 amide bonds. The molecule has 0 spiro atoms. The zero-order valence-corrected chi connectivity index (χ0v) is 12.9. The highest BCUT2D eigenvalue weighted by molar-refractivity contribution is 9.10. The molecule has 0 saturated carbocycles. The lowest BCUT2D eigenvalue weighted by atomic mass is 10.2. The first-order chi connectivity index (χ1) is 9.10. The smallest absolute Gasteiger partial charge is 0.254 e. The largest absolute Gasteiger partial charge is 0.383 e. The van der Waals surface area contributed by atoms with Crippen molar-refractivity contribution in [3.8, 4) is 6.07 Å². The second-order valence-electron chi connectivity index (χ2n) is 3.82. The molecule has 0 saturated heterocycles. The van der Waals surface area contributed by atoms with Crippen molar-refractivity contribution in [2.24, 2.45) is 0 Å². The van der Waals surface area contributed by atoms with Gasteiger partial charge in [-0.2, -0.15) is 5.26 Å². The number of carbonyl (C=O) groups is 1. The highest BCUT2D eigenvalue weighted by Gasteiger charge is 2.16. The fourth-order valence-electron chi connectivity index (χ4n) is 1.51. The van der Waals surface area contributed by atoms with Crippen molar-refractivity contribution in [2.45, 2.75) is 6.42 Å². The van der Waals surface area contributed by atoms with Gasteiger partial charge in [-0.05, 0) is 34.1 Å². The predicted molar refractivity (Wildman–Crippen MR) is 77.2 cm³/mol. The van der Waals surface area contributed by atoms with Gasteiger partial charge in [0.15, 0.2) is 0 Å². The summed E-state index contributed by atoms with van der Waals surface area (Å²) in [4.78, 5) is 13.9. The molecule has 0 fully saturated rings. The number of halogens is 2. The van der Waals surface area contributed by atoms with Gasteiger partial charge < -0.3 is 9.64 Å². The van der Waals surface area contributed by atoms with Crippen LogP contribution >= 0.6 is 27.5 Å². The molecular formula is C13H14BrClN2O2. The number of rotatable bonds is 6. The minimum Gasteiger partial charge on any atom is -0.383 e. The van der Waals surface area contributed by atoms with Crippen LogP contribution < -0.4 is 0 Å². The van der Waals surface area contributed by atoms with Crippen LogP contribution in [0.1, 0.15) is 16.8 Å². The van der Waals surface area contributed by atoms with E-state index in [9.17, 15) is 4.79 Å². The predicted octanol–water partition coefficient (Wildman–Crippen LogP) is 3.10.